The van der Waals surface area contributed by atoms with Gasteiger partial charge in [0.2, 0.25) is 0 Å². The lowest BCUT2D eigenvalue weighted by atomic mass is 10.1. The lowest BCUT2D eigenvalue weighted by Gasteiger charge is -2.10. The highest BCUT2D eigenvalue weighted by molar-refractivity contribution is 5.46. The van der Waals surface area contributed by atoms with E-state index in [0.29, 0.717) is 6.10 Å². The van der Waals surface area contributed by atoms with Crippen LogP contribution in [0.4, 0.5) is 5.69 Å². The Morgan fingerprint density at radius 1 is 1.35 bits per heavy atom. The van der Waals surface area contributed by atoms with Gasteiger partial charge in [-0.05, 0) is 49.9 Å². The Balaban J connectivity index is 1.63. The van der Waals surface area contributed by atoms with Crippen LogP contribution in [0.15, 0.2) is 24.3 Å². The summed E-state index contributed by atoms with van der Waals surface area (Å²) in [5.41, 5.74) is 1.15. The SMILES string of the molecule is COc1ccc(NCCCC2CCCO2)cc1. The second-order valence-electron chi connectivity index (χ2n) is 4.43. The zero-order valence-electron chi connectivity index (χ0n) is 10.4. The minimum absolute atomic E-state index is 0.507. The van der Waals surface area contributed by atoms with Crippen LogP contribution in [0, 0.1) is 0 Å². The van der Waals surface area contributed by atoms with Gasteiger partial charge in [0, 0.05) is 18.8 Å². The second-order valence-corrected chi connectivity index (χ2v) is 4.43. The molecule has 0 radical (unpaired) electrons. The van der Waals surface area contributed by atoms with Gasteiger partial charge in [0.25, 0.3) is 0 Å². The first-order valence-corrected chi connectivity index (χ1v) is 6.38. The summed E-state index contributed by atoms with van der Waals surface area (Å²) in [6.45, 7) is 1.96. The standard InChI is InChI=1S/C14H21NO2/c1-16-13-8-6-12(7-9-13)15-10-2-4-14-5-3-11-17-14/h6-9,14-15H,2-5,10-11H2,1H3. The molecule has 3 nitrogen and oxygen atoms in total. The quantitative estimate of drug-likeness (QED) is 0.769. The predicted molar refractivity (Wildman–Crippen MR) is 69.7 cm³/mol. The van der Waals surface area contributed by atoms with Crippen molar-refractivity contribution >= 4 is 5.69 Å². The molecule has 1 aliphatic rings. The van der Waals surface area contributed by atoms with Crippen molar-refractivity contribution in [3.8, 4) is 5.75 Å². The van der Waals surface area contributed by atoms with Crippen LogP contribution in [0.3, 0.4) is 0 Å². The lowest BCUT2D eigenvalue weighted by Crippen LogP contribution is -2.08. The molecule has 1 heterocycles. The summed E-state index contributed by atoms with van der Waals surface area (Å²) in [6.07, 6.45) is 5.31. The van der Waals surface area contributed by atoms with Crippen molar-refractivity contribution in [1.29, 1.82) is 0 Å². The Morgan fingerprint density at radius 3 is 2.82 bits per heavy atom. The normalized spacial score (nSPS) is 19.2. The van der Waals surface area contributed by atoms with Crippen molar-refractivity contribution in [2.75, 3.05) is 25.6 Å². The van der Waals surface area contributed by atoms with Crippen LogP contribution < -0.4 is 10.1 Å². The van der Waals surface area contributed by atoms with E-state index >= 15 is 0 Å². The third-order valence-electron chi connectivity index (χ3n) is 3.15. The number of hydrogen-bond donors (Lipinski definition) is 1. The zero-order chi connectivity index (χ0) is 11.9. The summed E-state index contributed by atoms with van der Waals surface area (Å²) < 4.78 is 10.7. The van der Waals surface area contributed by atoms with E-state index in [4.69, 9.17) is 9.47 Å². The molecule has 0 aliphatic carbocycles. The van der Waals surface area contributed by atoms with Gasteiger partial charge in [-0.3, -0.25) is 0 Å². The van der Waals surface area contributed by atoms with E-state index in [1.165, 1.54) is 19.3 Å². The fourth-order valence-corrected chi connectivity index (χ4v) is 2.14. The smallest absolute Gasteiger partial charge is 0.119 e. The number of rotatable bonds is 6. The van der Waals surface area contributed by atoms with Crippen molar-refractivity contribution in [3.63, 3.8) is 0 Å². The highest BCUT2D eigenvalue weighted by Crippen LogP contribution is 2.18. The molecular formula is C14H21NO2. The summed E-state index contributed by atoms with van der Waals surface area (Å²) in [5.74, 6) is 0.898. The highest BCUT2D eigenvalue weighted by atomic mass is 16.5. The van der Waals surface area contributed by atoms with Crippen LogP contribution in [-0.2, 0) is 4.74 Å². The number of hydrogen-bond acceptors (Lipinski definition) is 3. The molecule has 1 unspecified atom stereocenters. The number of benzene rings is 1. The van der Waals surface area contributed by atoms with Crippen LogP contribution in [0.2, 0.25) is 0 Å². The largest absolute Gasteiger partial charge is 0.497 e. The molecule has 94 valence electrons. The first kappa shape index (κ1) is 12.2. The molecule has 3 heteroatoms. The van der Waals surface area contributed by atoms with Crippen LogP contribution in [0.25, 0.3) is 0 Å². The van der Waals surface area contributed by atoms with Gasteiger partial charge in [0.15, 0.2) is 0 Å². The second kappa shape index (κ2) is 6.50. The molecule has 1 aromatic carbocycles. The highest BCUT2D eigenvalue weighted by Gasteiger charge is 2.14. The van der Waals surface area contributed by atoms with E-state index in [1.54, 1.807) is 7.11 Å². The van der Waals surface area contributed by atoms with Crippen LogP contribution >= 0.6 is 0 Å². The first-order valence-electron chi connectivity index (χ1n) is 6.38. The van der Waals surface area contributed by atoms with Gasteiger partial charge in [-0.2, -0.15) is 0 Å². The molecule has 0 amide bonds. The summed E-state index contributed by atoms with van der Waals surface area (Å²) in [6, 6.07) is 8.04. The van der Waals surface area contributed by atoms with E-state index in [0.717, 1.165) is 31.0 Å². The van der Waals surface area contributed by atoms with E-state index in [2.05, 4.69) is 5.32 Å². The molecule has 2 rings (SSSR count). The molecule has 0 saturated carbocycles. The van der Waals surface area contributed by atoms with Crippen molar-refractivity contribution in [2.45, 2.75) is 31.8 Å². The average Bonchev–Trinajstić information content (AvgIpc) is 2.88. The van der Waals surface area contributed by atoms with Gasteiger partial charge < -0.3 is 14.8 Å². The Kier molecular flexibility index (Phi) is 4.68. The average molecular weight is 235 g/mol. The molecule has 0 aromatic heterocycles. The minimum Gasteiger partial charge on any atom is -0.497 e. The predicted octanol–water partition coefficient (Wildman–Crippen LogP) is 3.07. The van der Waals surface area contributed by atoms with Crippen LogP contribution in [-0.4, -0.2) is 26.4 Å². The van der Waals surface area contributed by atoms with Gasteiger partial charge in [-0.15, -0.1) is 0 Å². The van der Waals surface area contributed by atoms with E-state index in [1.807, 2.05) is 24.3 Å². The van der Waals surface area contributed by atoms with Gasteiger partial charge in [-0.1, -0.05) is 0 Å². The van der Waals surface area contributed by atoms with E-state index in [-0.39, 0.29) is 0 Å². The molecule has 1 aromatic rings. The van der Waals surface area contributed by atoms with E-state index in [9.17, 15) is 0 Å². The molecule has 1 N–H and O–H groups in total. The van der Waals surface area contributed by atoms with Gasteiger partial charge in [0.05, 0.1) is 13.2 Å². The molecule has 17 heavy (non-hydrogen) atoms. The maximum atomic E-state index is 5.59. The monoisotopic (exact) mass is 235 g/mol. The maximum Gasteiger partial charge on any atom is 0.119 e. The lowest BCUT2D eigenvalue weighted by molar-refractivity contribution is 0.103. The van der Waals surface area contributed by atoms with Gasteiger partial charge in [-0.25, -0.2) is 0 Å². The van der Waals surface area contributed by atoms with Gasteiger partial charge >= 0.3 is 0 Å². The van der Waals surface area contributed by atoms with E-state index < -0.39 is 0 Å². The molecule has 1 saturated heterocycles. The number of nitrogens with one attached hydrogen (secondary N) is 1. The number of ether oxygens (including phenoxy) is 2. The minimum atomic E-state index is 0.507. The van der Waals surface area contributed by atoms with Crippen molar-refractivity contribution in [3.05, 3.63) is 24.3 Å². The third-order valence-corrected chi connectivity index (χ3v) is 3.15. The first-order chi connectivity index (χ1) is 8.38. The third kappa shape index (κ3) is 3.93. The Morgan fingerprint density at radius 2 is 2.18 bits per heavy atom. The van der Waals surface area contributed by atoms with Crippen LogP contribution in [0.1, 0.15) is 25.7 Å². The van der Waals surface area contributed by atoms with Crippen molar-refractivity contribution in [2.24, 2.45) is 0 Å². The zero-order valence-corrected chi connectivity index (χ0v) is 10.4. The van der Waals surface area contributed by atoms with Crippen LogP contribution in [0.5, 0.6) is 5.75 Å². The summed E-state index contributed by atoms with van der Waals surface area (Å²) in [4.78, 5) is 0. The summed E-state index contributed by atoms with van der Waals surface area (Å²) in [7, 11) is 1.68. The Bertz CT molecular complexity index is 317. The van der Waals surface area contributed by atoms with Crippen molar-refractivity contribution < 1.29 is 9.47 Å². The number of anilines is 1. The number of methoxy groups -OCH3 is 1. The fraction of sp³-hybridized carbons (Fsp3) is 0.571. The Hall–Kier alpha value is -1.22. The molecular weight excluding hydrogens is 214 g/mol. The molecule has 1 aliphatic heterocycles. The summed E-state index contributed by atoms with van der Waals surface area (Å²) >= 11 is 0. The molecule has 1 atom stereocenters. The topological polar surface area (TPSA) is 30.5 Å². The van der Waals surface area contributed by atoms with Gasteiger partial charge in [0.1, 0.15) is 5.75 Å². The fourth-order valence-electron chi connectivity index (χ4n) is 2.14. The van der Waals surface area contributed by atoms with Crippen molar-refractivity contribution in [1.82, 2.24) is 0 Å². The Labute approximate surface area is 103 Å². The molecule has 1 fully saturated rings. The summed E-state index contributed by atoms with van der Waals surface area (Å²) in [5, 5.41) is 3.41. The molecule has 0 bridgehead atoms. The maximum absolute atomic E-state index is 5.59. The molecule has 0 spiro atoms.